The fourth-order valence-corrected chi connectivity index (χ4v) is 4.71. The van der Waals surface area contributed by atoms with Gasteiger partial charge in [-0.05, 0) is 59.0 Å². The second-order valence-corrected chi connectivity index (χ2v) is 8.78. The molecule has 0 aromatic rings. The molecule has 8 nitrogen and oxygen atoms in total. The molecule has 1 amide bonds. The molecule has 0 aliphatic carbocycles. The van der Waals surface area contributed by atoms with Crippen LogP contribution in [-0.4, -0.2) is 107 Å². The molecule has 0 spiro atoms. The summed E-state index contributed by atoms with van der Waals surface area (Å²) < 4.78 is 5.70. The minimum atomic E-state index is -0.792. The Balaban J connectivity index is 1.44. The summed E-state index contributed by atoms with van der Waals surface area (Å²) in [5.74, 6) is -0.104. The maximum absolute atomic E-state index is 12.4. The van der Waals surface area contributed by atoms with E-state index in [4.69, 9.17) is 9.84 Å². The van der Waals surface area contributed by atoms with Crippen LogP contribution in [0.4, 0.5) is 4.79 Å². The van der Waals surface area contributed by atoms with E-state index in [-0.39, 0.29) is 24.9 Å². The summed E-state index contributed by atoms with van der Waals surface area (Å²) in [6.07, 6.45) is 3.05. The molecule has 0 radical (unpaired) electrons. The van der Waals surface area contributed by atoms with Crippen LogP contribution in [0.25, 0.3) is 0 Å². The fourth-order valence-electron chi connectivity index (χ4n) is 4.71. The Kier molecular flexibility index (Phi) is 7.17. The average Bonchev–Trinajstić information content (AvgIpc) is 2.94. The van der Waals surface area contributed by atoms with E-state index in [0.717, 1.165) is 39.1 Å². The zero-order valence-electron chi connectivity index (χ0n) is 17.5. The topological polar surface area (TPSA) is 76.6 Å². The second-order valence-electron chi connectivity index (χ2n) is 8.78. The summed E-state index contributed by atoms with van der Waals surface area (Å²) in [5.41, 5.74) is 0. The molecule has 0 saturated carbocycles. The molecule has 28 heavy (non-hydrogen) atoms. The van der Waals surface area contributed by atoms with Crippen molar-refractivity contribution in [2.24, 2.45) is 5.92 Å². The molecule has 3 heterocycles. The smallest absolute Gasteiger partial charge is 0.411 e. The molecule has 3 saturated heterocycles. The van der Waals surface area contributed by atoms with E-state index < -0.39 is 5.97 Å². The Morgan fingerprint density at radius 2 is 1.79 bits per heavy atom. The monoisotopic (exact) mass is 396 g/mol. The van der Waals surface area contributed by atoms with Crippen molar-refractivity contribution in [2.75, 3.05) is 52.4 Å². The Morgan fingerprint density at radius 3 is 2.36 bits per heavy atom. The first-order valence-corrected chi connectivity index (χ1v) is 10.7. The van der Waals surface area contributed by atoms with Crippen molar-refractivity contribution >= 4 is 12.1 Å². The molecule has 8 heteroatoms. The molecule has 0 aromatic carbocycles. The number of nitrogens with zero attached hydrogens (tertiary/aromatic N) is 4. The predicted octanol–water partition coefficient (Wildman–Crippen LogP) is 1.37. The normalized spacial score (nSPS) is 28.9. The van der Waals surface area contributed by atoms with Gasteiger partial charge in [0.1, 0.15) is 0 Å². The Labute approximate surface area is 168 Å². The standard InChI is InChI=1S/C20H36N4O4/c1-15(2)22-7-4-17(5-8-22)6-9-24-16(3)19(28-20(24)27)23-12-10-21(11-13-23)14-18(25)26/h15-17,19H,4-14H2,1-3H3,(H,25,26). The van der Waals surface area contributed by atoms with Crippen LogP contribution >= 0.6 is 0 Å². The van der Waals surface area contributed by atoms with Gasteiger partial charge in [0.05, 0.1) is 12.6 Å². The van der Waals surface area contributed by atoms with Gasteiger partial charge in [-0.15, -0.1) is 0 Å². The zero-order valence-corrected chi connectivity index (χ0v) is 17.5. The summed E-state index contributed by atoms with van der Waals surface area (Å²) in [6, 6.07) is 0.653. The highest BCUT2D eigenvalue weighted by atomic mass is 16.6. The molecule has 160 valence electrons. The lowest BCUT2D eigenvalue weighted by Gasteiger charge is -2.38. The first-order chi connectivity index (χ1) is 13.3. The zero-order chi connectivity index (χ0) is 20.3. The Bertz CT molecular complexity index is 542. The SMILES string of the molecule is CC(C)N1CCC(CCN2C(=O)OC(N3CCN(CC(=O)O)CC3)C2C)CC1. The molecule has 2 atom stereocenters. The molecule has 0 bridgehead atoms. The first-order valence-electron chi connectivity index (χ1n) is 10.7. The number of amides is 1. The van der Waals surface area contributed by atoms with Crippen molar-refractivity contribution in [3.05, 3.63) is 0 Å². The van der Waals surface area contributed by atoms with Crippen LogP contribution in [0.15, 0.2) is 0 Å². The summed E-state index contributed by atoms with van der Waals surface area (Å²) in [6.45, 7) is 12.6. The maximum atomic E-state index is 12.4. The van der Waals surface area contributed by atoms with E-state index in [9.17, 15) is 9.59 Å². The highest BCUT2D eigenvalue weighted by molar-refractivity contribution is 5.70. The highest BCUT2D eigenvalue weighted by Crippen LogP contribution is 2.27. The number of carbonyl (C=O) groups is 2. The second kappa shape index (κ2) is 9.41. The van der Waals surface area contributed by atoms with E-state index in [1.807, 2.05) is 9.80 Å². The number of carboxylic acid groups (broad SMARTS) is 1. The minimum absolute atomic E-state index is 0.0364. The molecular weight excluding hydrogens is 360 g/mol. The van der Waals surface area contributed by atoms with Gasteiger partial charge in [0.2, 0.25) is 0 Å². The number of carbonyl (C=O) groups excluding carboxylic acids is 1. The van der Waals surface area contributed by atoms with Crippen LogP contribution in [0.1, 0.15) is 40.0 Å². The van der Waals surface area contributed by atoms with Gasteiger partial charge in [0, 0.05) is 38.8 Å². The van der Waals surface area contributed by atoms with Crippen molar-refractivity contribution < 1.29 is 19.4 Å². The Morgan fingerprint density at radius 1 is 1.14 bits per heavy atom. The fraction of sp³-hybridized carbons (Fsp3) is 0.900. The molecule has 3 aliphatic heterocycles. The van der Waals surface area contributed by atoms with E-state index >= 15 is 0 Å². The number of carboxylic acids is 1. The third kappa shape index (κ3) is 5.15. The third-order valence-corrected chi connectivity index (χ3v) is 6.64. The maximum Gasteiger partial charge on any atom is 0.411 e. The number of piperazine rings is 1. The Hall–Kier alpha value is -1.38. The number of likely N-dealkylation sites (tertiary alicyclic amines) is 1. The van der Waals surface area contributed by atoms with Crippen LogP contribution < -0.4 is 0 Å². The summed E-state index contributed by atoms with van der Waals surface area (Å²) in [4.78, 5) is 31.8. The van der Waals surface area contributed by atoms with E-state index in [0.29, 0.717) is 25.0 Å². The van der Waals surface area contributed by atoms with Gasteiger partial charge >= 0.3 is 12.1 Å². The first kappa shape index (κ1) is 21.3. The number of cyclic esters (lactones) is 1. The quantitative estimate of drug-likeness (QED) is 0.696. The van der Waals surface area contributed by atoms with Crippen molar-refractivity contribution in [3.63, 3.8) is 0 Å². The van der Waals surface area contributed by atoms with E-state index in [1.165, 1.54) is 12.8 Å². The molecule has 0 aromatic heterocycles. The molecule has 1 N–H and O–H groups in total. The van der Waals surface area contributed by atoms with Gasteiger partial charge in [-0.25, -0.2) is 4.79 Å². The molecule has 3 fully saturated rings. The number of aliphatic carboxylic acids is 1. The van der Waals surface area contributed by atoms with Crippen molar-refractivity contribution in [1.82, 2.24) is 19.6 Å². The van der Waals surface area contributed by atoms with Gasteiger partial charge < -0.3 is 19.6 Å². The van der Waals surface area contributed by atoms with Crippen molar-refractivity contribution in [1.29, 1.82) is 0 Å². The largest absolute Gasteiger partial charge is 0.480 e. The number of hydrogen-bond acceptors (Lipinski definition) is 6. The van der Waals surface area contributed by atoms with Crippen molar-refractivity contribution in [3.8, 4) is 0 Å². The number of rotatable bonds is 7. The van der Waals surface area contributed by atoms with Crippen LogP contribution in [0, 0.1) is 5.92 Å². The van der Waals surface area contributed by atoms with Gasteiger partial charge in [-0.1, -0.05) is 0 Å². The lowest BCUT2D eigenvalue weighted by atomic mass is 9.92. The van der Waals surface area contributed by atoms with Crippen LogP contribution in [0.2, 0.25) is 0 Å². The lowest BCUT2D eigenvalue weighted by Crippen LogP contribution is -2.54. The predicted molar refractivity (Wildman–Crippen MR) is 106 cm³/mol. The van der Waals surface area contributed by atoms with Crippen LogP contribution in [0.3, 0.4) is 0 Å². The van der Waals surface area contributed by atoms with Crippen molar-refractivity contribution in [2.45, 2.75) is 58.3 Å². The van der Waals surface area contributed by atoms with Gasteiger partial charge in [-0.3, -0.25) is 14.6 Å². The van der Waals surface area contributed by atoms with E-state index in [2.05, 4.69) is 30.6 Å². The highest BCUT2D eigenvalue weighted by Gasteiger charge is 2.42. The number of piperidine rings is 1. The van der Waals surface area contributed by atoms with Gasteiger partial charge in [0.15, 0.2) is 6.23 Å². The van der Waals surface area contributed by atoms with Gasteiger partial charge in [0.25, 0.3) is 0 Å². The molecular formula is C20H36N4O4. The average molecular weight is 397 g/mol. The third-order valence-electron chi connectivity index (χ3n) is 6.64. The summed E-state index contributed by atoms with van der Waals surface area (Å²) in [5, 5.41) is 8.93. The molecule has 3 aliphatic rings. The molecule has 3 rings (SSSR count). The van der Waals surface area contributed by atoms with Crippen LogP contribution in [0.5, 0.6) is 0 Å². The number of hydrogen-bond donors (Lipinski definition) is 1. The number of ether oxygens (including phenoxy) is 1. The summed E-state index contributed by atoms with van der Waals surface area (Å²) >= 11 is 0. The minimum Gasteiger partial charge on any atom is -0.480 e. The lowest BCUT2D eigenvalue weighted by molar-refractivity contribution is -0.139. The summed E-state index contributed by atoms with van der Waals surface area (Å²) in [7, 11) is 0. The molecule has 2 unspecified atom stereocenters. The van der Waals surface area contributed by atoms with Crippen LogP contribution in [-0.2, 0) is 9.53 Å². The van der Waals surface area contributed by atoms with Gasteiger partial charge in [-0.2, -0.15) is 0 Å². The van der Waals surface area contributed by atoms with E-state index in [1.54, 1.807) is 0 Å².